The molecule has 4 heteroatoms. The van der Waals surface area contributed by atoms with Crippen molar-refractivity contribution in [3.63, 3.8) is 0 Å². The van der Waals surface area contributed by atoms with Gasteiger partial charge < -0.3 is 14.6 Å². The van der Waals surface area contributed by atoms with Gasteiger partial charge in [0.2, 0.25) is 5.90 Å². The molecular weight excluding hydrogens is 290 g/mol. The van der Waals surface area contributed by atoms with E-state index >= 15 is 0 Å². The van der Waals surface area contributed by atoms with E-state index in [9.17, 15) is 5.11 Å². The molecule has 0 spiro atoms. The van der Waals surface area contributed by atoms with Gasteiger partial charge in [0.25, 0.3) is 0 Å². The van der Waals surface area contributed by atoms with Crippen LogP contribution in [0.15, 0.2) is 29.3 Å². The van der Waals surface area contributed by atoms with Crippen LogP contribution in [0.4, 0.5) is 0 Å². The molecule has 1 aromatic rings. The molecule has 0 bridgehead atoms. The third-order valence-corrected chi connectivity index (χ3v) is 4.92. The summed E-state index contributed by atoms with van der Waals surface area (Å²) in [6.07, 6.45) is 4.62. The van der Waals surface area contributed by atoms with Gasteiger partial charge in [0.05, 0.1) is 12.7 Å². The lowest BCUT2D eigenvalue weighted by atomic mass is 9.88. The lowest BCUT2D eigenvalue weighted by molar-refractivity contribution is -0.00991. The van der Waals surface area contributed by atoms with Crippen LogP contribution in [0.25, 0.3) is 0 Å². The average molecular weight is 317 g/mol. The van der Waals surface area contributed by atoms with Crippen molar-refractivity contribution in [2.24, 2.45) is 10.9 Å². The summed E-state index contributed by atoms with van der Waals surface area (Å²) in [4.78, 5) is 4.71. The lowest BCUT2D eigenvalue weighted by Gasteiger charge is -2.28. The van der Waals surface area contributed by atoms with E-state index in [1.807, 2.05) is 0 Å². The van der Waals surface area contributed by atoms with Crippen molar-refractivity contribution in [1.82, 2.24) is 0 Å². The molecule has 2 aliphatic rings. The maximum absolute atomic E-state index is 9.31. The normalized spacial score (nSPS) is 30.8. The summed E-state index contributed by atoms with van der Waals surface area (Å²) in [5.74, 6) is 1.13. The van der Waals surface area contributed by atoms with Crippen LogP contribution in [-0.2, 0) is 9.47 Å². The van der Waals surface area contributed by atoms with Crippen molar-refractivity contribution < 1.29 is 14.6 Å². The van der Waals surface area contributed by atoms with E-state index in [2.05, 4.69) is 38.1 Å². The number of nitrogens with zero attached hydrogens (tertiary/aromatic N) is 1. The van der Waals surface area contributed by atoms with Crippen molar-refractivity contribution in [2.75, 3.05) is 13.2 Å². The first-order chi connectivity index (χ1) is 11.2. The van der Waals surface area contributed by atoms with Gasteiger partial charge in [-0.25, -0.2) is 4.99 Å². The average Bonchev–Trinajstić information content (AvgIpc) is 2.95. The molecule has 0 amide bonds. The number of aliphatic hydroxyl groups excluding tert-OH is 1. The minimum atomic E-state index is 0.0449. The number of benzene rings is 1. The minimum absolute atomic E-state index is 0.0449. The molecule has 0 saturated heterocycles. The monoisotopic (exact) mass is 317 g/mol. The Morgan fingerprint density at radius 1 is 1.26 bits per heavy atom. The maximum Gasteiger partial charge on any atom is 0.216 e. The number of hydrogen-bond donors (Lipinski definition) is 1. The highest BCUT2D eigenvalue weighted by Crippen LogP contribution is 2.27. The van der Waals surface area contributed by atoms with E-state index in [1.165, 1.54) is 5.56 Å². The van der Waals surface area contributed by atoms with Gasteiger partial charge in [-0.05, 0) is 51.2 Å². The fourth-order valence-corrected chi connectivity index (χ4v) is 3.35. The zero-order valence-electron chi connectivity index (χ0n) is 14.1. The Kier molecular flexibility index (Phi) is 5.34. The minimum Gasteiger partial charge on any atom is -0.472 e. The Balaban J connectivity index is 1.56. The second-order valence-corrected chi connectivity index (χ2v) is 6.86. The molecule has 4 nitrogen and oxygen atoms in total. The molecule has 1 heterocycles. The van der Waals surface area contributed by atoms with Crippen molar-refractivity contribution in [3.8, 4) is 0 Å². The predicted molar refractivity (Wildman–Crippen MR) is 90.8 cm³/mol. The first-order valence-electron chi connectivity index (χ1n) is 8.69. The molecule has 1 aliphatic carbocycles. The first-order valence-corrected chi connectivity index (χ1v) is 8.69. The van der Waals surface area contributed by atoms with Gasteiger partial charge >= 0.3 is 0 Å². The highest BCUT2D eigenvalue weighted by Gasteiger charge is 2.30. The third-order valence-electron chi connectivity index (χ3n) is 4.92. The quantitative estimate of drug-likeness (QED) is 0.908. The van der Waals surface area contributed by atoms with Crippen LogP contribution in [0.2, 0.25) is 0 Å². The lowest BCUT2D eigenvalue weighted by Crippen LogP contribution is -2.30. The summed E-state index contributed by atoms with van der Waals surface area (Å²) < 4.78 is 12.0. The summed E-state index contributed by atoms with van der Waals surface area (Å²) in [6, 6.07) is 8.31. The molecule has 1 N–H and O–H groups in total. The molecular formula is C19H27NO3. The van der Waals surface area contributed by atoms with E-state index in [4.69, 9.17) is 14.5 Å². The third kappa shape index (κ3) is 4.12. The second-order valence-electron chi connectivity index (χ2n) is 6.86. The van der Waals surface area contributed by atoms with E-state index < -0.39 is 0 Å². The van der Waals surface area contributed by atoms with Gasteiger partial charge in [0.15, 0.2) is 0 Å². The largest absolute Gasteiger partial charge is 0.472 e. The second kappa shape index (κ2) is 7.45. The van der Waals surface area contributed by atoms with Gasteiger partial charge in [-0.3, -0.25) is 0 Å². The summed E-state index contributed by atoms with van der Waals surface area (Å²) in [5.41, 5.74) is 2.26. The number of aliphatic hydroxyl groups is 1. The highest BCUT2D eigenvalue weighted by molar-refractivity contribution is 5.95. The number of rotatable bonds is 5. The number of aryl methyl sites for hydroxylation is 1. The van der Waals surface area contributed by atoms with Gasteiger partial charge in [-0.15, -0.1) is 0 Å². The zero-order valence-corrected chi connectivity index (χ0v) is 14.1. The Morgan fingerprint density at radius 2 is 2.04 bits per heavy atom. The van der Waals surface area contributed by atoms with Crippen LogP contribution in [0, 0.1) is 12.8 Å². The van der Waals surface area contributed by atoms with E-state index in [1.54, 1.807) is 0 Å². The molecule has 1 fully saturated rings. The van der Waals surface area contributed by atoms with Crippen LogP contribution in [0.3, 0.4) is 0 Å². The summed E-state index contributed by atoms with van der Waals surface area (Å²) >= 11 is 0. The van der Waals surface area contributed by atoms with Crippen LogP contribution >= 0.6 is 0 Å². The fraction of sp³-hybridized carbons (Fsp3) is 0.632. The number of ether oxygens (including phenoxy) is 2. The topological polar surface area (TPSA) is 51.0 Å². The maximum atomic E-state index is 9.31. The Bertz CT molecular complexity index is 540. The zero-order chi connectivity index (χ0) is 16.2. The molecule has 3 rings (SSSR count). The van der Waals surface area contributed by atoms with E-state index in [0.717, 1.165) is 37.1 Å². The van der Waals surface area contributed by atoms with Crippen molar-refractivity contribution in [1.29, 1.82) is 0 Å². The highest BCUT2D eigenvalue weighted by atomic mass is 16.5. The standard InChI is InChI=1S/C19H27NO3/c1-13-6-8-16(9-7-13)19-20-18(14(2)23-19)12-22-17-5-3-4-15(10-17)11-21/h6-9,14-15,17-18,21H,3-5,10-12H2,1-2H3. The van der Waals surface area contributed by atoms with Crippen LogP contribution in [0.5, 0.6) is 0 Å². The van der Waals surface area contributed by atoms with Crippen LogP contribution in [-0.4, -0.2) is 42.5 Å². The molecule has 1 aromatic carbocycles. The summed E-state index contributed by atoms with van der Waals surface area (Å²) in [6.45, 7) is 5.00. The van der Waals surface area contributed by atoms with Gasteiger partial charge in [0, 0.05) is 12.2 Å². The molecule has 1 aliphatic heterocycles. The Labute approximate surface area is 138 Å². The molecule has 0 aromatic heterocycles. The Morgan fingerprint density at radius 3 is 2.78 bits per heavy atom. The smallest absolute Gasteiger partial charge is 0.216 e. The molecule has 4 atom stereocenters. The molecule has 0 radical (unpaired) electrons. The van der Waals surface area contributed by atoms with Crippen LogP contribution < -0.4 is 0 Å². The molecule has 126 valence electrons. The van der Waals surface area contributed by atoms with Gasteiger partial charge in [-0.1, -0.05) is 24.1 Å². The van der Waals surface area contributed by atoms with Gasteiger partial charge in [0.1, 0.15) is 12.1 Å². The van der Waals surface area contributed by atoms with Crippen LogP contribution in [0.1, 0.15) is 43.7 Å². The molecule has 4 unspecified atom stereocenters. The first kappa shape index (κ1) is 16.5. The summed E-state index contributed by atoms with van der Waals surface area (Å²) in [5, 5.41) is 9.31. The van der Waals surface area contributed by atoms with Crippen molar-refractivity contribution in [3.05, 3.63) is 35.4 Å². The predicted octanol–water partition coefficient (Wildman–Crippen LogP) is 3.10. The van der Waals surface area contributed by atoms with Crippen molar-refractivity contribution >= 4 is 5.90 Å². The summed E-state index contributed by atoms with van der Waals surface area (Å²) in [7, 11) is 0. The van der Waals surface area contributed by atoms with E-state index in [0.29, 0.717) is 12.5 Å². The van der Waals surface area contributed by atoms with E-state index in [-0.39, 0.29) is 24.9 Å². The molecule has 23 heavy (non-hydrogen) atoms. The fourth-order valence-electron chi connectivity index (χ4n) is 3.35. The Hall–Kier alpha value is -1.39. The van der Waals surface area contributed by atoms with Crippen molar-refractivity contribution in [2.45, 2.75) is 57.8 Å². The van der Waals surface area contributed by atoms with Gasteiger partial charge in [-0.2, -0.15) is 0 Å². The SMILES string of the molecule is Cc1ccc(C2=NC(COC3CCCC(CO)C3)C(C)O2)cc1. The molecule has 1 saturated carbocycles. The number of hydrogen-bond acceptors (Lipinski definition) is 4. The number of aliphatic imine (C=N–C) groups is 1.